The highest BCUT2D eigenvalue weighted by atomic mass is 16.6. The molecule has 1 aromatic carbocycles. The van der Waals surface area contributed by atoms with E-state index < -0.39 is 29.7 Å². The minimum Gasteiger partial charge on any atom is -0.467 e. The lowest BCUT2D eigenvalue weighted by Crippen LogP contribution is -2.54. The molecule has 2 amide bonds. The Morgan fingerprint density at radius 3 is 2.50 bits per heavy atom. The van der Waals surface area contributed by atoms with Gasteiger partial charge in [0.25, 0.3) is 0 Å². The van der Waals surface area contributed by atoms with Crippen LogP contribution in [0.1, 0.15) is 32.8 Å². The third kappa shape index (κ3) is 6.11. The average Bonchev–Trinajstić information content (AvgIpc) is 2.80. The molecule has 152 valence electrons. The van der Waals surface area contributed by atoms with E-state index >= 15 is 0 Å². The molecule has 1 heterocycles. The Hall–Kier alpha value is -2.83. The summed E-state index contributed by atoms with van der Waals surface area (Å²) in [5.41, 5.74) is 0.241. The van der Waals surface area contributed by atoms with Crippen molar-refractivity contribution in [2.75, 3.05) is 13.7 Å². The van der Waals surface area contributed by atoms with E-state index in [2.05, 4.69) is 5.32 Å². The molecule has 1 aromatic rings. The Labute approximate surface area is 165 Å². The number of carbonyl (C=O) groups is 3. The van der Waals surface area contributed by atoms with Crippen LogP contribution < -0.4 is 5.32 Å². The molecule has 7 nitrogen and oxygen atoms in total. The Bertz CT molecular complexity index is 724. The lowest BCUT2D eigenvalue weighted by atomic mass is 10.0. The predicted octanol–water partition coefficient (Wildman–Crippen LogP) is 2.45. The molecular formula is C21H28N2O5. The predicted molar refractivity (Wildman–Crippen MR) is 105 cm³/mol. The lowest BCUT2D eigenvalue weighted by Gasteiger charge is -2.31. The van der Waals surface area contributed by atoms with E-state index in [1.165, 1.54) is 12.0 Å². The summed E-state index contributed by atoms with van der Waals surface area (Å²) in [6, 6.07) is 7.83. The second-order valence-electron chi connectivity index (χ2n) is 7.63. The maximum atomic E-state index is 13.1. The van der Waals surface area contributed by atoms with Crippen LogP contribution in [0.25, 0.3) is 0 Å². The first-order valence-corrected chi connectivity index (χ1v) is 9.28. The minimum absolute atomic E-state index is 0.262. The van der Waals surface area contributed by atoms with Crippen molar-refractivity contribution in [2.24, 2.45) is 0 Å². The number of nitrogens with zero attached hydrogens (tertiary/aromatic N) is 1. The fourth-order valence-corrected chi connectivity index (χ4v) is 2.96. The third-order valence-corrected chi connectivity index (χ3v) is 4.23. The number of nitrogens with one attached hydrogen (secondary N) is 1. The van der Waals surface area contributed by atoms with Crippen LogP contribution in [0.15, 0.2) is 42.5 Å². The zero-order valence-electron chi connectivity index (χ0n) is 16.8. The van der Waals surface area contributed by atoms with Gasteiger partial charge in [0.1, 0.15) is 17.7 Å². The number of methoxy groups -OCH3 is 1. The molecule has 1 aliphatic rings. The molecule has 0 saturated heterocycles. The number of hydrogen-bond acceptors (Lipinski definition) is 5. The molecule has 2 atom stereocenters. The Morgan fingerprint density at radius 2 is 1.89 bits per heavy atom. The van der Waals surface area contributed by atoms with Gasteiger partial charge in [0.2, 0.25) is 5.91 Å². The number of ether oxygens (including phenoxy) is 2. The summed E-state index contributed by atoms with van der Waals surface area (Å²) in [4.78, 5) is 39.1. The van der Waals surface area contributed by atoms with Crippen LogP contribution in [0.5, 0.6) is 0 Å². The summed E-state index contributed by atoms with van der Waals surface area (Å²) < 4.78 is 10.2. The smallest absolute Gasteiger partial charge is 0.408 e. The van der Waals surface area contributed by atoms with Crippen molar-refractivity contribution in [3.05, 3.63) is 48.0 Å². The Kier molecular flexibility index (Phi) is 7.20. The summed E-state index contributed by atoms with van der Waals surface area (Å²) in [5.74, 6) is -0.842. The van der Waals surface area contributed by atoms with Gasteiger partial charge in [-0.15, -0.1) is 0 Å². The standard InChI is InChI=1S/C21H28N2O5/c1-21(2,3)28-20(26)22-16-12-8-9-13-23(18(16)24)17(19(25)27-4)14-15-10-6-5-7-11-15/h5-11,16-17H,12-14H2,1-4H3,(H,22,26)/t16-,17+/m1/s1. The number of carbonyl (C=O) groups excluding carboxylic acids is 3. The van der Waals surface area contributed by atoms with Crippen LogP contribution in [0, 0.1) is 0 Å². The molecule has 0 radical (unpaired) electrons. The van der Waals surface area contributed by atoms with E-state index in [4.69, 9.17) is 9.47 Å². The maximum Gasteiger partial charge on any atom is 0.408 e. The lowest BCUT2D eigenvalue weighted by molar-refractivity contribution is -0.153. The number of amides is 2. The van der Waals surface area contributed by atoms with E-state index in [0.717, 1.165) is 5.56 Å². The van der Waals surface area contributed by atoms with Gasteiger partial charge in [-0.1, -0.05) is 42.5 Å². The topological polar surface area (TPSA) is 84.9 Å². The summed E-state index contributed by atoms with van der Waals surface area (Å²) in [6.45, 7) is 5.51. The van der Waals surface area contributed by atoms with Crippen molar-refractivity contribution in [3.8, 4) is 0 Å². The van der Waals surface area contributed by atoms with E-state index in [1.807, 2.05) is 42.5 Å². The molecule has 28 heavy (non-hydrogen) atoms. The highest BCUT2D eigenvalue weighted by Gasteiger charge is 2.36. The van der Waals surface area contributed by atoms with E-state index in [1.54, 1.807) is 20.8 Å². The van der Waals surface area contributed by atoms with Crippen LogP contribution in [0.2, 0.25) is 0 Å². The van der Waals surface area contributed by atoms with Crippen LogP contribution in [-0.4, -0.2) is 54.2 Å². The maximum absolute atomic E-state index is 13.1. The van der Waals surface area contributed by atoms with Gasteiger partial charge < -0.3 is 19.7 Å². The zero-order valence-corrected chi connectivity index (χ0v) is 16.8. The molecule has 0 aromatic heterocycles. The van der Waals surface area contributed by atoms with Crippen molar-refractivity contribution in [3.63, 3.8) is 0 Å². The number of hydrogen-bond donors (Lipinski definition) is 1. The van der Waals surface area contributed by atoms with Gasteiger partial charge in [0.15, 0.2) is 0 Å². The molecule has 1 aliphatic heterocycles. The molecule has 0 spiro atoms. The van der Waals surface area contributed by atoms with Gasteiger partial charge in [0.05, 0.1) is 7.11 Å². The van der Waals surface area contributed by atoms with Gasteiger partial charge in [-0.3, -0.25) is 4.79 Å². The third-order valence-electron chi connectivity index (χ3n) is 4.23. The zero-order chi connectivity index (χ0) is 20.7. The molecule has 2 rings (SSSR count). The van der Waals surface area contributed by atoms with Gasteiger partial charge in [0, 0.05) is 13.0 Å². The van der Waals surface area contributed by atoms with Gasteiger partial charge in [-0.05, 0) is 32.8 Å². The Balaban J connectivity index is 2.20. The fraction of sp³-hybridized carbons (Fsp3) is 0.476. The Morgan fingerprint density at radius 1 is 1.21 bits per heavy atom. The highest BCUT2D eigenvalue weighted by Crippen LogP contribution is 2.17. The van der Waals surface area contributed by atoms with Gasteiger partial charge in [-0.25, -0.2) is 9.59 Å². The number of rotatable bonds is 5. The van der Waals surface area contributed by atoms with Crippen LogP contribution in [0.4, 0.5) is 4.79 Å². The summed E-state index contributed by atoms with van der Waals surface area (Å²) in [7, 11) is 1.30. The molecule has 0 unspecified atom stereocenters. The number of alkyl carbamates (subject to hydrolysis) is 1. The van der Waals surface area contributed by atoms with Crippen molar-refractivity contribution < 1.29 is 23.9 Å². The van der Waals surface area contributed by atoms with E-state index in [-0.39, 0.29) is 12.5 Å². The van der Waals surface area contributed by atoms with Crippen molar-refractivity contribution >= 4 is 18.0 Å². The molecule has 0 bridgehead atoms. The van der Waals surface area contributed by atoms with E-state index in [9.17, 15) is 14.4 Å². The molecule has 1 N–H and O–H groups in total. The molecular weight excluding hydrogens is 360 g/mol. The van der Waals surface area contributed by atoms with Crippen molar-refractivity contribution in [1.29, 1.82) is 0 Å². The van der Waals surface area contributed by atoms with Gasteiger partial charge in [-0.2, -0.15) is 0 Å². The number of esters is 1. The minimum atomic E-state index is -0.809. The molecule has 7 heteroatoms. The summed E-state index contributed by atoms with van der Waals surface area (Å²) >= 11 is 0. The van der Waals surface area contributed by atoms with Crippen molar-refractivity contribution in [1.82, 2.24) is 10.2 Å². The van der Waals surface area contributed by atoms with Crippen LogP contribution in [-0.2, 0) is 25.5 Å². The van der Waals surface area contributed by atoms with Crippen LogP contribution in [0.3, 0.4) is 0 Å². The second-order valence-corrected chi connectivity index (χ2v) is 7.63. The highest BCUT2D eigenvalue weighted by molar-refractivity contribution is 5.90. The summed E-state index contributed by atoms with van der Waals surface area (Å²) in [6.07, 6.45) is 3.62. The fourth-order valence-electron chi connectivity index (χ4n) is 2.96. The SMILES string of the molecule is COC(=O)[C@H](Cc1ccccc1)N1CC=CC[C@@H](NC(=O)OC(C)(C)C)C1=O. The van der Waals surface area contributed by atoms with Crippen molar-refractivity contribution in [2.45, 2.75) is 51.3 Å². The first-order valence-electron chi connectivity index (χ1n) is 9.28. The molecule has 0 aliphatic carbocycles. The van der Waals surface area contributed by atoms with Gasteiger partial charge >= 0.3 is 12.1 Å². The average molecular weight is 388 g/mol. The normalized spacial score (nSPS) is 18.2. The summed E-state index contributed by atoms with van der Waals surface area (Å²) in [5, 5.41) is 2.62. The largest absolute Gasteiger partial charge is 0.467 e. The quantitative estimate of drug-likeness (QED) is 0.619. The molecule has 0 saturated carbocycles. The van der Waals surface area contributed by atoms with Crippen LogP contribution >= 0.6 is 0 Å². The first kappa shape index (κ1) is 21.5. The monoisotopic (exact) mass is 388 g/mol. The van der Waals surface area contributed by atoms with E-state index in [0.29, 0.717) is 12.8 Å². The molecule has 0 fully saturated rings. The number of benzene rings is 1. The first-order chi connectivity index (χ1) is 13.2. The second kappa shape index (κ2) is 9.39.